The number of nitrogens with two attached hydrogens (primary N) is 1. The summed E-state index contributed by atoms with van der Waals surface area (Å²) in [4.78, 5) is 8.65. The molecule has 2 aromatic heterocycles. The molecule has 110 valence electrons. The van der Waals surface area contributed by atoms with Crippen LogP contribution in [-0.2, 0) is 9.84 Å². The van der Waals surface area contributed by atoms with Crippen LogP contribution >= 0.6 is 0 Å². The average Bonchev–Trinajstić information content (AvgIpc) is 2.73. The molecule has 1 atom stereocenters. The third-order valence-electron chi connectivity index (χ3n) is 3.44. The predicted molar refractivity (Wildman–Crippen MR) is 83.9 cm³/mol. The molecule has 1 unspecified atom stereocenters. The average molecular weight is 304 g/mol. The van der Waals surface area contributed by atoms with Gasteiger partial charge < -0.3 is 10.3 Å². The molecule has 0 aliphatic heterocycles. The van der Waals surface area contributed by atoms with E-state index in [1.54, 1.807) is 10.8 Å². The molecule has 0 bridgehead atoms. The van der Waals surface area contributed by atoms with Gasteiger partial charge in [-0.1, -0.05) is 18.2 Å². The van der Waals surface area contributed by atoms with E-state index in [-0.39, 0.29) is 11.8 Å². The topological polar surface area (TPSA) is 90.9 Å². The molecule has 21 heavy (non-hydrogen) atoms. The molecule has 0 fully saturated rings. The number of nitrogens with zero attached hydrogens (tertiary/aromatic N) is 3. The van der Waals surface area contributed by atoms with Crippen LogP contribution < -0.4 is 5.73 Å². The Hall–Kier alpha value is -2.15. The normalized spacial score (nSPS) is 13.8. The first-order valence-corrected chi connectivity index (χ1v) is 8.62. The molecule has 0 aliphatic carbocycles. The van der Waals surface area contributed by atoms with Crippen LogP contribution in [0, 0.1) is 0 Å². The van der Waals surface area contributed by atoms with Crippen LogP contribution in [0.4, 0.5) is 5.95 Å². The van der Waals surface area contributed by atoms with Crippen LogP contribution in [0.2, 0.25) is 0 Å². The number of nitrogen functional groups attached to an aromatic ring is 1. The van der Waals surface area contributed by atoms with Gasteiger partial charge in [0.05, 0.1) is 23.0 Å². The van der Waals surface area contributed by atoms with E-state index in [2.05, 4.69) is 9.97 Å². The lowest BCUT2D eigenvalue weighted by Crippen LogP contribution is -2.18. The Morgan fingerprint density at radius 3 is 2.71 bits per heavy atom. The molecular weight excluding hydrogens is 288 g/mol. The monoisotopic (exact) mass is 304 g/mol. The lowest BCUT2D eigenvalue weighted by atomic mass is 10.2. The molecule has 1 aromatic carbocycles. The third kappa shape index (κ3) is 2.44. The van der Waals surface area contributed by atoms with E-state index < -0.39 is 9.84 Å². The minimum Gasteiger partial charge on any atom is -0.369 e. The van der Waals surface area contributed by atoms with Crippen molar-refractivity contribution in [2.24, 2.45) is 0 Å². The van der Waals surface area contributed by atoms with Crippen LogP contribution in [0.3, 0.4) is 0 Å². The minimum atomic E-state index is -3.11. The highest BCUT2D eigenvalue weighted by Crippen LogP contribution is 2.29. The molecule has 0 radical (unpaired) electrons. The van der Waals surface area contributed by atoms with Crippen LogP contribution in [0.5, 0.6) is 0 Å². The largest absolute Gasteiger partial charge is 0.369 e. The predicted octanol–water partition coefficient (Wildman–Crippen LogP) is 1.77. The van der Waals surface area contributed by atoms with Gasteiger partial charge in [-0.15, -0.1) is 0 Å². The van der Waals surface area contributed by atoms with Crippen molar-refractivity contribution in [3.63, 3.8) is 0 Å². The molecule has 2 heterocycles. The Balaban J connectivity index is 2.31. The number of aromatic nitrogens is 3. The van der Waals surface area contributed by atoms with E-state index in [0.29, 0.717) is 11.5 Å². The zero-order chi connectivity index (χ0) is 15.2. The molecular formula is C14H16N4O2S. The number of benzene rings is 1. The quantitative estimate of drug-likeness (QED) is 0.796. The third-order valence-corrected chi connectivity index (χ3v) is 4.52. The van der Waals surface area contributed by atoms with Crippen LogP contribution in [0.1, 0.15) is 13.0 Å². The number of hydrogen-bond donors (Lipinski definition) is 1. The van der Waals surface area contributed by atoms with E-state index in [1.165, 1.54) is 6.26 Å². The van der Waals surface area contributed by atoms with Crippen LogP contribution in [0.15, 0.2) is 30.5 Å². The Labute approximate surface area is 122 Å². The summed E-state index contributed by atoms with van der Waals surface area (Å²) in [6.07, 6.45) is 2.89. The zero-order valence-corrected chi connectivity index (χ0v) is 12.6. The number of hydrogen-bond acceptors (Lipinski definition) is 5. The highest BCUT2D eigenvalue weighted by molar-refractivity contribution is 7.90. The van der Waals surface area contributed by atoms with Gasteiger partial charge in [0.1, 0.15) is 15.4 Å². The summed E-state index contributed by atoms with van der Waals surface area (Å²) in [5, 5.41) is 0.916. The van der Waals surface area contributed by atoms with Crippen molar-refractivity contribution in [2.45, 2.75) is 13.0 Å². The first kappa shape index (κ1) is 13.8. The molecule has 7 heteroatoms. The van der Waals surface area contributed by atoms with Gasteiger partial charge in [-0.2, -0.15) is 0 Å². The number of anilines is 1. The van der Waals surface area contributed by atoms with Crippen molar-refractivity contribution in [3.8, 4) is 0 Å². The second kappa shape index (κ2) is 4.70. The Kier molecular flexibility index (Phi) is 3.09. The fourth-order valence-electron chi connectivity index (χ4n) is 2.70. The lowest BCUT2D eigenvalue weighted by molar-refractivity contribution is 0.572. The summed E-state index contributed by atoms with van der Waals surface area (Å²) < 4.78 is 24.9. The summed E-state index contributed by atoms with van der Waals surface area (Å²) in [5.41, 5.74) is 8.33. The minimum absolute atomic E-state index is 0.0132. The summed E-state index contributed by atoms with van der Waals surface area (Å²) in [5.74, 6) is 0.318. The van der Waals surface area contributed by atoms with E-state index in [9.17, 15) is 8.42 Å². The highest BCUT2D eigenvalue weighted by Gasteiger charge is 2.19. The van der Waals surface area contributed by atoms with Crippen LogP contribution in [0.25, 0.3) is 21.9 Å². The maximum atomic E-state index is 11.6. The second-order valence-electron chi connectivity index (χ2n) is 5.29. The molecule has 2 N–H and O–H groups in total. The van der Waals surface area contributed by atoms with E-state index in [0.717, 1.165) is 16.4 Å². The van der Waals surface area contributed by atoms with Gasteiger partial charge in [-0.05, 0) is 13.0 Å². The van der Waals surface area contributed by atoms with Crippen molar-refractivity contribution in [1.29, 1.82) is 0 Å². The Bertz CT molecular complexity index is 931. The molecule has 6 nitrogen and oxygen atoms in total. The van der Waals surface area contributed by atoms with Gasteiger partial charge in [-0.3, -0.25) is 4.98 Å². The summed E-state index contributed by atoms with van der Waals surface area (Å²) >= 11 is 0. The van der Waals surface area contributed by atoms with E-state index in [4.69, 9.17) is 5.73 Å². The molecule has 3 rings (SSSR count). The number of fused-ring (bicyclic) bond motifs is 3. The zero-order valence-electron chi connectivity index (χ0n) is 11.8. The molecule has 0 saturated carbocycles. The maximum absolute atomic E-state index is 11.6. The van der Waals surface area contributed by atoms with Crippen molar-refractivity contribution in [3.05, 3.63) is 30.5 Å². The van der Waals surface area contributed by atoms with E-state index in [1.807, 2.05) is 31.2 Å². The highest BCUT2D eigenvalue weighted by atomic mass is 32.2. The SMILES string of the molecule is CC(CS(C)(=O)=O)n1c(N)nc2cnc3ccccc3c21. The van der Waals surface area contributed by atoms with Crippen molar-refractivity contribution >= 4 is 37.7 Å². The summed E-state index contributed by atoms with van der Waals surface area (Å²) in [7, 11) is -3.11. The molecule has 0 aliphatic rings. The smallest absolute Gasteiger partial charge is 0.201 e. The summed E-state index contributed by atoms with van der Waals surface area (Å²) in [6, 6.07) is 7.37. The second-order valence-corrected chi connectivity index (χ2v) is 7.48. The first-order valence-electron chi connectivity index (χ1n) is 6.55. The van der Waals surface area contributed by atoms with E-state index >= 15 is 0 Å². The number of pyridine rings is 1. The molecule has 3 aromatic rings. The van der Waals surface area contributed by atoms with Crippen LogP contribution in [-0.4, -0.2) is 35.0 Å². The lowest BCUT2D eigenvalue weighted by Gasteiger charge is -2.15. The van der Waals surface area contributed by atoms with Gasteiger partial charge in [0, 0.05) is 17.7 Å². The maximum Gasteiger partial charge on any atom is 0.201 e. The van der Waals surface area contributed by atoms with Crippen molar-refractivity contribution in [2.75, 3.05) is 17.7 Å². The van der Waals surface area contributed by atoms with Gasteiger partial charge in [0.15, 0.2) is 0 Å². The van der Waals surface area contributed by atoms with Gasteiger partial charge in [0.25, 0.3) is 0 Å². The Morgan fingerprint density at radius 1 is 1.29 bits per heavy atom. The Morgan fingerprint density at radius 2 is 2.00 bits per heavy atom. The molecule has 0 saturated heterocycles. The van der Waals surface area contributed by atoms with Crippen molar-refractivity contribution in [1.82, 2.24) is 14.5 Å². The number of sulfone groups is 1. The van der Waals surface area contributed by atoms with Gasteiger partial charge in [0.2, 0.25) is 5.95 Å². The standard InChI is InChI=1S/C14H16N4O2S/c1-9(8-21(2,19)20)18-13-10-5-3-4-6-11(10)16-7-12(13)17-14(18)15/h3-7,9H,8H2,1-2H3,(H2,15,17). The number of rotatable bonds is 3. The van der Waals surface area contributed by atoms with Crippen molar-refractivity contribution < 1.29 is 8.42 Å². The van der Waals surface area contributed by atoms with Gasteiger partial charge >= 0.3 is 0 Å². The number of para-hydroxylation sites is 1. The fourth-order valence-corrected chi connectivity index (χ4v) is 3.73. The van der Waals surface area contributed by atoms with Gasteiger partial charge in [-0.25, -0.2) is 13.4 Å². The molecule has 0 amide bonds. The summed E-state index contributed by atoms with van der Waals surface area (Å²) in [6.45, 7) is 1.83. The fraction of sp³-hybridized carbons (Fsp3) is 0.286. The number of imidazole rings is 1. The molecule has 0 spiro atoms. The first-order chi connectivity index (χ1) is 9.87.